The van der Waals surface area contributed by atoms with E-state index in [0.29, 0.717) is 17.0 Å². The number of para-hydroxylation sites is 3. The summed E-state index contributed by atoms with van der Waals surface area (Å²) in [6.07, 6.45) is 1.80. The van der Waals surface area contributed by atoms with Gasteiger partial charge in [0.25, 0.3) is 5.56 Å². The van der Waals surface area contributed by atoms with Crippen LogP contribution in [0.5, 0.6) is 0 Å². The first kappa shape index (κ1) is 28.6. The highest BCUT2D eigenvalue weighted by atomic mass is 16.1. The summed E-state index contributed by atoms with van der Waals surface area (Å²) in [6.45, 7) is 0. The lowest BCUT2D eigenvalue weighted by atomic mass is 9.97. The van der Waals surface area contributed by atoms with Crippen molar-refractivity contribution in [3.63, 3.8) is 0 Å². The molecule has 0 bridgehead atoms. The molecule has 0 spiro atoms. The van der Waals surface area contributed by atoms with Gasteiger partial charge in [-0.25, -0.2) is 9.97 Å². The fraction of sp³-hybridized carbons (Fsp3) is 0. The summed E-state index contributed by atoms with van der Waals surface area (Å²) >= 11 is 0. The maximum atomic E-state index is 15.5. The van der Waals surface area contributed by atoms with Crippen LogP contribution in [0.1, 0.15) is 0 Å². The van der Waals surface area contributed by atoms with Gasteiger partial charge in [0, 0.05) is 32.5 Å². The highest BCUT2D eigenvalue weighted by Gasteiger charge is 2.23. The molecule has 0 atom stereocenters. The Labute approximate surface area is 296 Å². The van der Waals surface area contributed by atoms with E-state index < -0.39 is 0 Å². The topological polar surface area (TPSA) is 65.6 Å². The lowest BCUT2D eigenvalue weighted by molar-refractivity contribution is 1.01. The summed E-state index contributed by atoms with van der Waals surface area (Å²) in [4.78, 5) is 30.8. The maximum absolute atomic E-state index is 15.5. The molecule has 0 unspecified atom stereocenters. The minimum Gasteiger partial charge on any atom is -0.277 e. The van der Waals surface area contributed by atoms with E-state index in [1.807, 2.05) is 77.4 Å². The second-order valence-electron chi connectivity index (χ2n) is 13.2. The molecular weight excluding hydrogens is 639 g/mol. The molecule has 52 heavy (non-hydrogen) atoms. The molecule has 11 aromatic rings. The van der Waals surface area contributed by atoms with E-state index in [-0.39, 0.29) is 5.56 Å². The fourth-order valence-electron chi connectivity index (χ4n) is 8.06. The Balaban J connectivity index is 1.36. The van der Waals surface area contributed by atoms with Crippen LogP contribution in [0.25, 0.3) is 99.0 Å². The van der Waals surface area contributed by atoms with Gasteiger partial charge in [0.1, 0.15) is 0 Å². The van der Waals surface area contributed by atoms with Crippen molar-refractivity contribution < 1.29 is 0 Å². The molecule has 6 nitrogen and oxygen atoms in total. The second kappa shape index (κ2) is 10.9. The third-order valence-corrected chi connectivity index (χ3v) is 10.3. The average Bonchev–Trinajstić information content (AvgIpc) is 3.55. The second-order valence-corrected chi connectivity index (χ2v) is 13.2. The van der Waals surface area contributed by atoms with E-state index in [9.17, 15) is 0 Å². The van der Waals surface area contributed by atoms with E-state index in [1.165, 1.54) is 0 Å². The number of nitrogens with zero attached hydrogens (tertiary/aromatic N) is 5. The minimum absolute atomic E-state index is 0.131. The zero-order valence-electron chi connectivity index (χ0n) is 27.7. The lowest BCUT2D eigenvalue weighted by Gasteiger charge is -2.17. The smallest absolute Gasteiger partial charge is 0.265 e. The highest BCUT2D eigenvalue weighted by molar-refractivity contribution is 6.26. The van der Waals surface area contributed by atoms with E-state index in [2.05, 4.69) is 89.5 Å². The third kappa shape index (κ3) is 4.06. The van der Waals surface area contributed by atoms with Gasteiger partial charge in [-0.1, -0.05) is 127 Å². The summed E-state index contributed by atoms with van der Waals surface area (Å²) < 4.78 is 3.93. The van der Waals surface area contributed by atoms with Crippen molar-refractivity contribution in [3.8, 4) is 22.9 Å². The van der Waals surface area contributed by atoms with Crippen LogP contribution in [-0.2, 0) is 0 Å². The van der Waals surface area contributed by atoms with Gasteiger partial charge < -0.3 is 0 Å². The molecule has 6 heteroatoms. The number of fused-ring (bicyclic) bond motifs is 11. The van der Waals surface area contributed by atoms with Crippen molar-refractivity contribution in [2.75, 3.05) is 0 Å². The van der Waals surface area contributed by atoms with Gasteiger partial charge in [0.05, 0.1) is 50.5 Å². The number of aromatic nitrogens is 5. The third-order valence-electron chi connectivity index (χ3n) is 10.3. The Morgan fingerprint density at radius 2 is 1.15 bits per heavy atom. The molecule has 0 aliphatic rings. The van der Waals surface area contributed by atoms with Crippen molar-refractivity contribution in [2.45, 2.75) is 0 Å². The largest absolute Gasteiger partial charge is 0.277 e. The van der Waals surface area contributed by atoms with Gasteiger partial charge in [-0.15, -0.1) is 0 Å². The van der Waals surface area contributed by atoms with Crippen LogP contribution in [-0.4, -0.2) is 24.1 Å². The SMILES string of the molecule is O=c1c2c(ccc3c4ccccc4n(-c4nc(-c5ccccc5)c5ccccc5n4)c32)c2c3ccccc3ccc2n1-c1cnc2ccccc2c1. The number of rotatable bonds is 3. The molecule has 4 heterocycles. The normalized spacial score (nSPS) is 11.9. The number of hydrogen-bond acceptors (Lipinski definition) is 4. The Morgan fingerprint density at radius 3 is 2.02 bits per heavy atom. The van der Waals surface area contributed by atoms with Gasteiger partial charge in [-0.05, 0) is 46.5 Å². The van der Waals surface area contributed by atoms with Crippen LogP contribution in [0.3, 0.4) is 0 Å². The van der Waals surface area contributed by atoms with Crippen LogP contribution in [0.15, 0.2) is 169 Å². The van der Waals surface area contributed by atoms with Gasteiger partial charge in [-0.3, -0.25) is 18.9 Å². The summed E-state index contributed by atoms with van der Waals surface area (Å²) in [5, 5.41) is 8.56. The predicted molar refractivity (Wildman–Crippen MR) is 213 cm³/mol. The van der Waals surface area contributed by atoms with Gasteiger partial charge in [0.15, 0.2) is 0 Å². The standard InChI is InChI=1S/C46H27N5O/c52-45-42-36(41-32-16-6-4-12-28(32)22-25-40(41)50(45)31-26-30-15-5-9-19-37(30)47-27-31)24-23-34-33-17-8-11-21-39(33)51(44(34)42)46-48-38-20-10-7-18-35(38)43(49-46)29-13-2-1-3-14-29/h1-27H. The molecule has 0 aliphatic carbocycles. The zero-order chi connectivity index (χ0) is 34.3. The molecule has 0 N–H and O–H groups in total. The van der Waals surface area contributed by atoms with Crippen molar-refractivity contribution in [1.29, 1.82) is 0 Å². The Hall–Kier alpha value is -7.18. The monoisotopic (exact) mass is 665 g/mol. The minimum atomic E-state index is -0.131. The maximum Gasteiger partial charge on any atom is 0.265 e. The number of hydrogen-bond donors (Lipinski definition) is 0. The Morgan fingerprint density at radius 1 is 0.462 bits per heavy atom. The van der Waals surface area contributed by atoms with Crippen LogP contribution in [0.2, 0.25) is 0 Å². The molecule has 11 rings (SSSR count). The Kier molecular flexibility index (Phi) is 6.01. The molecule has 0 saturated heterocycles. The van der Waals surface area contributed by atoms with Gasteiger partial charge >= 0.3 is 0 Å². The molecule has 0 radical (unpaired) electrons. The molecule has 0 amide bonds. The van der Waals surface area contributed by atoms with Crippen molar-refractivity contribution >= 4 is 76.1 Å². The first-order valence-corrected chi connectivity index (χ1v) is 17.3. The number of pyridine rings is 2. The zero-order valence-corrected chi connectivity index (χ0v) is 27.7. The van der Waals surface area contributed by atoms with Gasteiger partial charge in [0.2, 0.25) is 5.95 Å². The predicted octanol–water partition coefficient (Wildman–Crippen LogP) is 10.6. The van der Waals surface area contributed by atoms with Crippen molar-refractivity contribution in [3.05, 3.63) is 174 Å². The van der Waals surface area contributed by atoms with Crippen LogP contribution < -0.4 is 5.56 Å². The summed E-state index contributed by atoms with van der Waals surface area (Å²) in [6, 6.07) is 53.5. The molecular formula is C46H27N5O. The van der Waals surface area contributed by atoms with Crippen LogP contribution in [0, 0.1) is 0 Å². The quantitative estimate of drug-likeness (QED) is 0.176. The Bertz CT molecular complexity index is 3330. The highest BCUT2D eigenvalue weighted by Crippen LogP contribution is 2.40. The van der Waals surface area contributed by atoms with Crippen LogP contribution in [0.4, 0.5) is 0 Å². The summed E-state index contributed by atoms with van der Waals surface area (Å²) in [5.41, 5.74) is 6.63. The molecule has 0 fully saturated rings. The fourth-order valence-corrected chi connectivity index (χ4v) is 8.06. The molecule has 0 saturated carbocycles. The van der Waals surface area contributed by atoms with Crippen LogP contribution >= 0.6 is 0 Å². The lowest BCUT2D eigenvalue weighted by Crippen LogP contribution is -2.20. The summed E-state index contributed by atoms with van der Waals surface area (Å²) in [7, 11) is 0. The molecule has 4 aromatic heterocycles. The van der Waals surface area contributed by atoms with Crippen molar-refractivity contribution in [2.24, 2.45) is 0 Å². The molecule has 0 aliphatic heterocycles. The molecule has 7 aromatic carbocycles. The molecule has 242 valence electrons. The first-order chi connectivity index (χ1) is 25.7. The van der Waals surface area contributed by atoms with Crippen molar-refractivity contribution in [1.82, 2.24) is 24.1 Å². The average molecular weight is 666 g/mol. The van der Waals surface area contributed by atoms with E-state index in [4.69, 9.17) is 15.0 Å². The van der Waals surface area contributed by atoms with E-state index in [0.717, 1.165) is 81.9 Å². The van der Waals surface area contributed by atoms with Gasteiger partial charge in [-0.2, -0.15) is 0 Å². The summed E-state index contributed by atoms with van der Waals surface area (Å²) in [5.74, 6) is 0.507. The van der Waals surface area contributed by atoms with E-state index in [1.54, 1.807) is 6.20 Å². The number of benzene rings is 7. The first-order valence-electron chi connectivity index (χ1n) is 17.3. The van der Waals surface area contributed by atoms with E-state index >= 15 is 4.79 Å².